The first-order valence-electron chi connectivity index (χ1n) is 12.8. The lowest BCUT2D eigenvalue weighted by atomic mass is 9.98. The summed E-state index contributed by atoms with van der Waals surface area (Å²) in [5.74, 6) is 0.393. The number of nitrogens with one attached hydrogen (secondary N) is 2. The molecule has 0 spiro atoms. The predicted molar refractivity (Wildman–Crippen MR) is 145 cm³/mol. The van der Waals surface area contributed by atoms with E-state index in [0.29, 0.717) is 19.4 Å². The number of aromatic nitrogens is 2. The van der Waals surface area contributed by atoms with E-state index in [0.717, 1.165) is 50.9 Å². The zero-order valence-electron chi connectivity index (χ0n) is 21.5. The molecular weight excluding hydrogens is 464 g/mol. The molecule has 2 heterocycles. The first-order valence-corrected chi connectivity index (χ1v) is 12.8. The van der Waals surface area contributed by atoms with Gasteiger partial charge in [0.25, 0.3) is 0 Å². The van der Waals surface area contributed by atoms with E-state index >= 15 is 0 Å². The summed E-state index contributed by atoms with van der Waals surface area (Å²) in [5, 5.41) is 12.0. The second kappa shape index (κ2) is 10.5. The third-order valence-electron chi connectivity index (χ3n) is 7.38. The van der Waals surface area contributed by atoms with E-state index in [9.17, 15) is 9.59 Å². The highest BCUT2D eigenvalue weighted by atomic mass is 16.5. The molecule has 0 bridgehead atoms. The number of hydrogen-bond acceptors (Lipinski definition) is 4. The number of benzene rings is 3. The number of methoxy groups -OCH3 is 1. The summed E-state index contributed by atoms with van der Waals surface area (Å²) in [6.07, 6.45) is 5.67. The van der Waals surface area contributed by atoms with Crippen molar-refractivity contribution in [3.05, 3.63) is 78.1 Å². The molecule has 190 valence electrons. The molecule has 0 fully saturated rings. The van der Waals surface area contributed by atoms with Gasteiger partial charge in [-0.3, -0.25) is 14.7 Å². The summed E-state index contributed by atoms with van der Waals surface area (Å²) < 4.78 is 5.77. The number of nitrogens with zero attached hydrogens (tertiary/aromatic N) is 2. The van der Waals surface area contributed by atoms with Crippen LogP contribution in [0.4, 0.5) is 5.69 Å². The fraction of sp³-hybridized carbons (Fsp3) is 0.300. The smallest absolute Gasteiger partial charge is 0.249 e. The van der Waals surface area contributed by atoms with Gasteiger partial charge in [-0.05, 0) is 59.4 Å². The number of ether oxygens (including phenoxy) is 1. The summed E-state index contributed by atoms with van der Waals surface area (Å²) in [6.45, 7) is 4.20. The molecule has 0 unspecified atom stereocenters. The molecule has 3 aromatic carbocycles. The number of rotatable bonds is 7. The van der Waals surface area contributed by atoms with Crippen LogP contribution in [-0.2, 0) is 22.6 Å². The second-order valence-electron chi connectivity index (χ2n) is 9.63. The van der Waals surface area contributed by atoms with Gasteiger partial charge in [0.05, 0.1) is 19.9 Å². The zero-order chi connectivity index (χ0) is 25.9. The number of anilines is 1. The molecule has 4 aromatic rings. The molecule has 1 aromatic heterocycles. The number of amides is 2. The molecule has 2 N–H and O–H groups in total. The lowest BCUT2D eigenvalue weighted by Gasteiger charge is -2.28. The minimum absolute atomic E-state index is 0.0822. The Morgan fingerprint density at radius 3 is 2.78 bits per heavy atom. The highest BCUT2D eigenvalue weighted by molar-refractivity contribution is 6.01. The van der Waals surface area contributed by atoms with Crippen molar-refractivity contribution in [3.8, 4) is 16.9 Å². The van der Waals surface area contributed by atoms with Gasteiger partial charge in [0.1, 0.15) is 11.8 Å². The largest absolute Gasteiger partial charge is 0.496 e. The van der Waals surface area contributed by atoms with Gasteiger partial charge in [-0.1, -0.05) is 50.2 Å². The fourth-order valence-corrected chi connectivity index (χ4v) is 4.99. The highest BCUT2D eigenvalue weighted by Gasteiger charge is 2.33. The van der Waals surface area contributed by atoms with E-state index in [-0.39, 0.29) is 17.7 Å². The summed E-state index contributed by atoms with van der Waals surface area (Å²) >= 11 is 0. The fourth-order valence-electron chi connectivity index (χ4n) is 4.99. The lowest BCUT2D eigenvalue weighted by molar-refractivity contribution is -0.129. The first kappa shape index (κ1) is 24.6. The van der Waals surface area contributed by atoms with Crippen LogP contribution in [0, 0.1) is 5.92 Å². The number of H-pyrrole nitrogens is 1. The molecular formula is C30H32N4O3. The van der Waals surface area contributed by atoms with E-state index < -0.39 is 6.04 Å². The number of para-hydroxylation sites is 1. The van der Waals surface area contributed by atoms with Crippen LogP contribution in [0.3, 0.4) is 0 Å². The van der Waals surface area contributed by atoms with E-state index in [1.165, 1.54) is 0 Å². The Morgan fingerprint density at radius 1 is 1.19 bits per heavy atom. The van der Waals surface area contributed by atoms with E-state index in [1.54, 1.807) is 13.3 Å². The Balaban J connectivity index is 1.56. The van der Waals surface area contributed by atoms with Gasteiger partial charge in [0, 0.05) is 28.9 Å². The molecule has 2 atom stereocenters. The number of aromatic amines is 1. The summed E-state index contributed by atoms with van der Waals surface area (Å²) in [7, 11) is 1.65. The third kappa shape index (κ3) is 4.81. The van der Waals surface area contributed by atoms with Crippen molar-refractivity contribution in [2.24, 2.45) is 5.92 Å². The highest BCUT2D eigenvalue weighted by Crippen LogP contribution is 2.35. The quantitative estimate of drug-likeness (QED) is 0.366. The van der Waals surface area contributed by atoms with Gasteiger partial charge in [-0.25, -0.2) is 0 Å². The van der Waals surface area contributed by atoms with Crippen LogP contribution in [-0.4, -0.2) is 35.2 Å². The number of fused-ring (bicyclic) bond motifs is 2. The number of hydrogen-bond donors (Lipinski definition) is 2. The van der Waals surface area contributed by atoms with Gasteiger partial charge >= 0.3 is 0 Å². The molecule has 7 nitrogen and oxygen atoms in total. The van der Waals surface area contributed by atoms with Crippen LogP contribution in [0.25, 0.3) is 21.9 Å². The van der Waals surface area contributed by atoms with Gasteiger partial charge in [0.2, 0.25) is 11.8 Å². The maximum absolute atomic E-state index is 14.0. The standard InChI is InChI=1S/C30H32N4O3/c1-4-19(2)29(35)33-26-13-10-20-7-5-6-8-27(20)34(30(26)36)18-25-24-12-9-21(23-16-31-32-17-23)15-22(24)11-14-28(25)37-3/h5-9,11-12,14-17,19,26H,4,10,13,18H2,1-3H3,(H,31,32)(H,33,35)/t19-,26+/m1/s1. The Bertz CT molecular complexity index is 1430. The molecule has 0 saturated heterocycles. The van der Waals surface area contributed by atoms with E-state index in [2.05, 4.69) is 39.8 Å². The maximum atomic E-state index is 14.0. The monoisotopic (exact) mass is 496 g/mol. The lowest BCUT2D eigenvalue weighted by Crippen LogP contribution is -2.49. The molecule has 1 aliphatic heterocycles. The summed E-state index contributed by atoms with van der Waals surface area (Å²) in [4.78, 5) is 28.5. The maximum Gasteiger partial charge on any atom is 0.249 e. The van der Waals surface area contributed by atoms with Crippen LogP contribution in [0.2, 0.25) is 0 Å². The normalized spacial score (nSPS) is 16.2. The van der Waals surface area contributed by atoms with Crippen molar-refractivity contribution in [1.82, 2.24) is 15.5 Å². The van der Waals surface area contributed by atoms with Crippen molar-refractivity contribution < 1.29 is 14.3 Å². The Kier molecular flexibility index (Phi) is 6.95. The predicted octanol–water partition coefficient (Wildman–Crippen LogP) is 5.25. The summed E-state index contributed by atoms with van der Waals surface area (Å²) in [6, 6.07) is 17.7. The van der Waals surface area contributed by atoms with Gasteiger partial charge in [0.15, 0.2) is 0 Å². The number of carbonyl (C=O) groups excluding carboxylic acids is 2. The van der Waals surface area contributed by atoms with Crippen LogP contribution in [0.15, 0.2) is 67.0 Å². The molecule has 2 amide bonds. The Hall–Kier alpha value is -4.13. The third-order valence-corrected chi connectivity index (χ3v) is 7.38. The molecule has 5 rings (SSSR count). The van der Waals surface area contributed by atoms with Gasteiger partial charge in [-0.15, -0.1) is 0 Å². The van der Waals surface area contributed by atoms with Gasteiger partial charge in [-0.2, -0.15) is 5.10 Å². The van der Waals surface area contributed by atoms with E-state index in [1.807, 2.05) is 55.3 Å². The molecule has 0 aliphatic carbocycles. The van der Waals surface area contributed by atoms with Crippen molar-refractivity contribution in [3.63, 3.8) is 0 Å². The second-order valence-corrected chi connectivity index (χ2v) is 9.63. The SMILES string of the molecule is CC[C@@H](C)C(=O)N[C@H]1CCc2ccccc2N(Cc2c(OC)ccc3cc(-c4cn[nH]c4)ccc23)C1=O. The average Bonchev–Trinajstić information content (AvgIpc) is 3.44. The van der Waals surface area contributed by atoms with Gasteiger partial charge < -0.3 is 15.0 Å². The minimum atomic E-state index is -0.581. The Morgan fingerprint density at radius 2 is 2.03 bits per heavy atom. The molecule has 0 saturated carbocycles. The summed E-state index contributed by atoms with van der Waals surface area (Å²) in [5.41, 5.74) is 4.97. The number of aryl methyl sites for hydroxylation is 1. The number of carbonyl (C=O) groups is 2. The van der Waals surface area contributed by atoms with Crippen molar-refractivity contribution in [2.75, 3.05) is 12.0 Å². The van der Waals surface area contributed by atoms with Crippen molar-refractivity contribution in [2.45, 2.75) is 45.7 Å². The van der Waals surface area contributed by atoms with Crippen LogP contribution < -0.4 is 15.0 Å². The van der Waals surface area contributed by atoms with Crippen LogP contribution in [0.5, 0.6) is 5.75 Å². The molecule has 37 heavy (non-hydrogen) atoms. The average molecular weight is 497 g/mol. The molecule has 1 aliphatic rings. The van der Waals surface area contributed by atoms with E-state index in [4.69, 9.17) is 4.74 Å². The molecule has 0 radical (unpaired) electrons. The Labute approximate surface area is 216 Å². The topological polar surface area (TPSA) is 87.3 Å². The first-order chi connectivity index (χ1) is 18.0. The minimum Gasteiger partial charge on any atom is -0.496 e. The van der Waals surface area contributed by atoms with Crippen molar-refractivity contribution >= 4 is 28.3 Å². The molecule has 7 heteroatoms. The van der Waals surface area contributed by atoms with Crippen LogP contribution in [0.1, 0.15) is 37.8 Å². The zero-order valence-corrected chi connectivity index (χ0v) is 21.5. The van der Waals surface area contributed by atoms with Crippen molar-refractivity contribution in [1.29, 1.82) is 0 Å². The van der Waals surface area contributed by atoms with Crippen LogP contribution >= 0.6 is 0 Å².